The summed E-state index contributed by atoms with van der Waals surface area (Å²) in [5.74, 6) is -2.09. The molecule has 0 saturated heterocycles. The number of aryl methyl sites for hydroxylation is 1. The van der Waals surface area contributed by atoms with Gasteiger partial charge in [-0.05, 0) is 43.3 Å². The van der Waals surface area contributed by atoms with Crippen LogP contribution in [0.5, 0.6) is 0 Å². The Morgan fingerprint density at radius 3 is 2.35 bits per heavy atom. The topological polar surface area (TPSA) is 83.5 Å². The number of amides is 1. The molecule has 120 valence electrons. The smallest absolute Gasteiger partial charge is 0.305 e. The molecule has 2 rings (SSSR count). The number of rotatable bonds is 6. The summed E-state index contributed by atoms with van der Waals surface area (Å²) in [6.45, 7) is 1.85. The third-order valence-corrected chi connectivity index (χ3v) is 4.36. The number of halogens is 1. The van der Waals surface area contributed by atoms with Crippen LogP contribution in [0.2, 0.25) is 5.02 Å². The Labute approximate surface area is 141 Å². The monoisotopic (exact) mass is 351 g/mol. The van der Waals surface area contributed by atoms with Crippen molar-refractivity contribution in [3.8, 4) is 0 Å². The summed E-state index contributed by atoms with van der Waals surface area (Å²) in [6.07, 6.45) is -0.477. The van der Waals surface area contributed by atoms with Gasteiger partial charge in [-0.2, -0.15) is 0 Å². The Balaban J connectivity index is 2.18. The molecule has 23 heavy (non-hydrogen) atoms. The van der Waals surface area contributed by atoms with E-state index in [4.69, 9.17) is 16.7 Å². The zero-order valence-corrected chi connectivity index (χ0v) is 13.8. The molecule has 0 aliphatic rings. The molecule has 0 aliphatic carbocycles. The highest BCUT2D eigenvalue weighted by Crippen LogP contribution is 2.18. The largest absolute Gasteiger partial charge is 0.481 e. The Morgan fingerprint density at radius 1 is 1.17 bits per heavy atom. The van der Waals surface area contributed by atoms with Gasteiger partial charge in [-0.15, -0.1) is 11.3 Å². The number of benzene rings is 1. The summed E-state index contributed by atoms with van der Waals surface area (Å²) in [7, 11) is 0. The molecule has 0 radical (unpaired) electrons. The number of hydrogen-bond donors (Lipinski definition) is 2. The molecule has 0 aliphatic heterocycles. The quantitative estimate of drug-likeness (QED) is 0.783. The molecule has 0 bridgehead atoms. The van der Waals surface area contributed by atoms with Gasteiger partial charge in [-0.25, -0.2) is 0 Å². The van der Waals surface area contributed by atoms with Crippen molar-refractivity contribution in [2.45, 2.75) is 19.4 Å². The third-order valence-electron chi connectivity index (χ3n) is 3.09. The number of nitrogens with one attached hydrogen (secondary N) is 1. The van der Waals surface area contributed by atoms with E-state index in [9.17, 15) is 14.4 Å². The molecule has 1 heterocycles. The normalized spacial score (nSPS) is 11.7. The van der Waals surface area contributed by atoms with Gasteiger partial charge in [0.05, 0.1) is 11.3 Å². The third kappa shape index (κ3) is 4.64. The van der Waals surface area contributed by atoms with Crippen LogP contribution >= 0.6 is 22.9 Å². The summed E-state index contributed by atoms with van der Waals surface area (Å²) in [5.41, 5.74) is 0.306. The van der Waals surface area contributed by atoms with E-state index in [-0.39, 0.29) is 0 Å². The lowest BCUT2D eigenvalue weighted by Gasteiger charge is -2.15. The fraction of sp³-hybridized carbons (Fsp3) is 0.188. The number of Topliss-reactive ketones (excluding diaryl/α,β-unsaturated/α-hetero) is 1. The van der Waals surface area contributed by atoms with E-state index in [0.29, 0.717) is 15.5 Å². The average Bonchev–Trinajstić information content (AvgIpc) is 2.92. The summed E-state index contributed by atoms with van der Waals surface area (Å²) >= 11 is 7.03. The van der Waals surface area contributed by atoms with Crippen molar-refractivity contribution in [3.63, 3.8) is 0 Å². The van der Waals surface area contributed by atoms with Gasteiger partial charge in [0.25, 0.3) is 5.91 Å². The fourth-order valence-corrected chi connectivity index (χ4v) is 2.95. The van der Waals surface area contributed by atoms with Crippen LogP contribution in [0.15, 0.2) is 36.4 Å². The molecule has 2 aromatic rings. The van der Waals surface area contributed by atoms with Crippen LogP contribution in [0, 0.1) is 6.92 Å². The first kappa shape index (κ1) is 17.2. The van der Waals surface area contributed by atoms with Crippen molar-refractivity contribution >= 4 is 40.6 Å². The average molecular weight is 352 g/mol. The fourth-order valence-electron chi connectivity index (χ4n) is 1.97. The number of thiophene rings is 1. The second kappa shape index (κ2) is 7.39. The van der Waals surface area contributed by atoms with Crippen molar-refractivity contribution in [2.24, 2.45) is 0 Å². The van der Waals surface area contributed by atoms with Gasteiger partial charge in [0, 0.05) is 15.5 Å². The predicted octanol–water partition coefficient (Wildman–Crippen LogP) is 3.17. The van der Waals surface area contributed by atoms with Crippen molar-refractivity contribution < 1.29 is 19.5 Å². The number of carboxylic acids is 1. The number of ketones is 1. The van der Waals surface area contributed by atoms with Crippen LogP contribution in [0.1, 0.15) is 31.3 Å². The van der Waals surface area contributed by atoms with Gasteiger partial charge in [-0.1, -0.05) is 11.6 Å². The highest BCUT2D eigenvalue weighted by atomic mass is 35.5. The molecule has 1 aromatic carbocycles. The lowest BCUT2D eigenvalue weighted by molar-refractivity contribution is -0.137. The summed E-state index contributed by atoms with van der Waals surface area (Å²) in [5, 5.41) is 12.0. The van der Waals surface area contributed by atoms with Crippen molar-refractivity contribution in [1.82, 2.24) is 5.32 Å². The van der Waals surface area contributed by atoms with Crippen LogP contribution < -0.4 is 5.32 Å². The molecule has 5 nitrogen and oxygen atoms in total. The molecule has 0 saturated carbocycles. The summed E-state index contributed by atoms with van der Waals surface area (Å²) < 4.78 is 0. The van der Waals surface area contributed by atoms with Gasteiger partial charge in [0.2, 0.25) is 0 Å². The molecule has 7 heteroatoms. The maximum atomic E-state index is 12.4. The SMILES string of the molecule is Cc1ccc(C(=O)C(CC(=O)O)NC(=O)c2ccc(Cl)cc2)s1. The van der Waals surface area contributed by atoms with Gasteiger partial charge >= 0.3 is 5.97 Å². The van der Waals surface area contributed by atoms with Crippen LogP contribution in [-0.4, -0.2) is 28.8 Å². The number of carboxylic acid groups (broad SMARTS) is 1. The number of hydrogen-bond acceptors (Lipinski definition) is 4. The number of aliphatic carboxylic acids is 1. The van der Waals surface area contributed by atoms with E-state index in [1.165, 1.54) is 23.5 Å². The number of carbonyl (C=O) groups is 3. The molecular weight excluding hydrogens is 338 g/mol. The molecule has 1 amide bonds. The van der Waals surface area contributed by atoms with Gasteiger partial charge in [0.15, 0.2) is 5.78 Å². The summed E-state index contributed by atoms with van der Waals surface area (Å²) in [4.78, 5) is 37.0. The maximum Gasteiger partial charge on any atom is 0.305 e. The zero-order valence-electron chi connectivity index (χ0n) is 12.2. The maximum absolute atomic E-state index is 12.4. The highest BCUT2D eigenvalue weighted by Gasteiger charge is 2.26. The minimum Gasteiger partial charge on any atom is -0.481 e. The minimum absolute atomic E-state index is 0.306. The molecule has 1 atom stereocenters. The molecule has 0 spiro atoms. The molecular formula is C16H14ClNO4S. The van der Waals surface area contributed by atoms with Crippen molar-refractivity contribution in [2.75, 3.05) is 0 Å². The molecule has 2 N–H and O–H groups in total. The van der Waals surface area contributed by atoms with Gasteiger partial charge in [0.1, 0.15) is 6.04 Å². The van der Waals surface area contributed by atoms with Gasteiger partial charge < -0.3 is 10.4 Å². The second-order valence-corrected chi connectivity index (χ2v) is 6.63. The first-order valence-electron chi connectivity index (χ1n) is 6.75. The Bertz CT molecular complexity index is 739. The van der Waals surface area contributed by atoms with Crippen LogP contribution in [0.25, 0.3) is 0 Å². The molecule has 0 fully saturated rings. The number of carbonyl (C=O) groups excluding carboxylic acids is 2. The van der Waals surface area contributed by atoms with Gasteiger partial charge in [-0.3, -0.25) is 14.4 Å². The first-order valence-corrected chi connectivity index (χ1v) is 7.95. The lowest BCUT2D eigenvalue weighted by Crippen LogP contribution is -2.42. The Hall–Kier alpha value is -2.18. The van der Waals surface area contributed by atoms with E-state index in [1.807, 2.05) is 6.92 Å². The Morgan fingerprint density at radius 2 is 1.83 bits per heavy atom. The highest BCUT2D eigenvalue weighted by molar-refractivity contribution is 7.14. The van der Waals surface area contributed by atoms with Crippen molar-refractivity contribution in [1.29, 1.82) is 0 Å². The minimum atomic E-state index is -1.16. The van der Waals surface area contributed by atoms with E-state index in [2.05, 4.69) is 5.32 Å². The van der Waals surface area contributed by atoms with Crippen LogP contribution in [0.3, 0.4) is 0 Å². The Kier molecular flexibility index (Phi) is 5.52. The van der Waals surface area contributed by atoms with E-state index in [0.717, 1.165) is 4.88 Å². The zero-order chi connectivity index (χ0) is 17.0. The lowest BCUT2D eigenvalue weighted by atomic mass is 10.1. The van der Waals surface area contributed by atoms with Crippen LogP contribution in [-0.2, 0) is 4.79 Å². The van der Waals surface area contributed by atoms with E-state index >= 15 is 0 Å². The molecule has 1 unspecified atom stereocenters. The molecule has 1 aromatic heterocycles. The standard InChI is InChI=1S/C16H14ClNO4S/c1-9-2-7-13(23-9)15(21)12(8-14(19)20)18-16(22)10-3-5-11(17)6-4-10/h2-7,12H,8H2,1H3,(H,18,22)(H,19,20). The van der Waals surface area contributed by atoms with Crippen molar-refractivity contribution in [3.05, 3.63) is 56.7 Å². The second-order valence-electron chi connectivity index (χ2n) is 4.91. The van der Waals surface area contributed by atoms with Crippen LogP contribution in [0.4, 0.5) is 0 Å². The predicted molar refractivity (Wildman–Crippen MR) is 88.3 cm³/mol. The van der Waals surface area contributed by atoms with E-state index < -0.39 is 30.1 Å². The summed E-state index contributed by atoms with van der Waals surface area (Å²) in [6, 6.07) is 8.40. The van der Waals surface area contributed by atoms with E-state index in [1.54, 1.807) is 24.3 Å². The first-order chi connectivity index (χ1) is 10.9.